The molecule has 0 bridgehead atoms. The summed E-state index contributed by atoms with van der Waals surface area (Å²) in [6, 6.07) is 1.96. The number of rotatable bonds is 7. The molecule has 12 nitrogen and oxygen atoms in total. The molecular formula is C24H24F3N5O7. The van der Waals surface area contributed by atoms with Gasteiger partial charge in [-0.1, -0.05) is 5.21 Å². The number of carbonyl (C=O) groups is 3. The molecule has 39 heavy (non-hydrogen) atoms. The van der Waals surface area contributed by atoms with Gasteiger partial charge in [-0.15, -0.1) is 5.10 Å². The normalized spacial score (nSPS) is 22.8. The molecule has 0 unspecified atom stereocenters. The monoisotopic (exact) mass is 551 g/mol. The Bertz CT molecular complexity index is 1370. The number of hydrogen-bond acceptors (Lipinski definition) is 10. The van der Waals surface area contributed by atoms with E-state index < -0.39 is 65.8 Å². The molecule has 1 saturated heterocycles. The van der Waals surface area contributed by atoms with Crippen LogP contribution in [0.25, 0.3) is 11.3 Å². The van der Waals surface area contributed by atoms with Crippen molar-refractivity contribution in [2.24, 2.45) is 7.05 Å². The first-order valence-corrected chi connectivity index (χ1v) is 11.6. The van der Waals surface area contributed by atoms with Crippen LogP contribution in [0, 0.1) is 17.5 Å². The highest BCUT2D eigenvalue weighted by Gasteiger charge is 2.52. The fourth-order valence-electron chi connectivity index (χ4n) is 4.38. The van der Waals surface area contributed by atoms with E-state index in [4.69, 9.17) is 18.9 Å². The van der Waals surface area contributed by atoms with Crippen molar-refractivity contribution in [3.8, 4) is 11.3 Å². The van der Waals surface area contributed by atoms with Gasteiger partial charge in [0, 0.05) is 39.6 Å². The third kappa shape index (κ3) is 5.92. The maximum absolute atomic E-state index is 13.9. The van der Waals surface area contributed by atoms with Crippen LogP contribution in [0.3, 0.4) is 0 Å². The Labute approximate surface area is 219 Å². The lowest BCUT2D eigenvalue weighted by molar-refractivity contribution is -0.232. The van der Waals surface area contributed by atoms with Crippen LogP contribution >= 0.6 is 0 Å². The maximum atomic E-state index is 13.9. The second kappa shape index (κ2) is 11.2. The largest absolute Gasteiger partial charge is 0.463 e. The molecule has 3 aromatic rings. The summed E-state index contributed by atoms with van der Waals surface area (Å²) in [6.45, 7) is 3.15. The van der Waals surface area contributed by atoms with Gasteiger partial charge < -0.3 is 18.9 Å². The van der Waals surface area contributed by atoms with Crippen LogP contribution in [0.1, 0.15) is 38.6 Å². The van der Waals surface area contributed by atoms with Gasteiger partial charge >= 0.3 is 17.9 Å². The van der Waals surface area contributed by atoms with Crippen LogP contribution in [-0.2, 0) is 40.4 Å². The Morgan fingerprint density at radius 2 is 1.64 bits per heavy atom. The van der Waals surface area contributed by atoms with E-state index in [1.54, 1.807) is 13.1 Å². The number of aryl methyl sites for hydroxylation is 1. The van der Waals surface area contributed by atoms with Crippen LogP contribution in [0.5, 0.6) is 0 Å². The van der Waals surface area contributed by atoms with Gasteiger partial charge in [-0.2, -0.15) is 5.10 Å². The lowest BCUT2D eigenvalue weighted by Crippen LogP contribution is -2.56. The number of aromatic nitrogens is 5. The zero-order valence-electron chi connectivity index (χ0n) is 21.2. The van der Waals surface area contributed by atoms with Crippen LogP contribution in [0.2, 0.25) is 0 Å². The molecule has 3 heterocycles. The summed E-state index contributed by atoms with van der Waals surface area (Å²) in [5, 5.41) is 12.1. The molecule has 0 aliphatic carbocycles. The van der Waals surface area contributed by atoms with Crippen molar-refractivity contribution in [3.63, 3.8) is 0 Å². The summed E-state index contributed by atoms with van der Waals surface area (Å²) in [5.74, 6) is -6.57. The number of nitrogens with zero attached hydrogens (tertiary/aromatic N) is 5. The molecule has 0 N–H and O–H groups in total. The van der Waals surface area contributed by atoms with Crippen molar-refractivity contribution in [1.29, 1.82) is 0 Å². The van der Waals surface area contributed by atoms with Gasteiger partial charge in [0.05, 0.1) is 11.9 Å². The minimum absolute atomic E-state index is 0.0592. The van der Waals surface area contributed by atoms with E-state index in [1.807, 2.05) is 0 Å². The summed E-state index contributed by atoms with van der Waals surface area (Å²) in [7, 11) is 1.63. The number of halogens is 3. The highest BCUT2D eigenvalue weighted by molar-refractivity contribution is 5.67. The number of esters is 3. The van der Waals surface area contributed by atoms with E-state index in [9.17, 15) is 27.6 Å². The summed E-state index contributed by atoms with van der Waals surface area (Å²) >= 11 is 0. The maximum Gasteiger partial charge on any atom is 0.303 e. The fraction of sp³-hybridized carbons (Fsp3) is 0.417. The number of ether oxygens (including phenoxy) is 4. The third-order valence-electron chi connectivity index (χ3n) is 5.96. The fourth-order valence-corrected chi connectivity index (χ4v) is 4.38. The molecule has 1 aliphatic rings. The molecule has 2 aromatic heterocycles. The predicted molar refractivity (Wildman–Crippen MR) is 123 cm³/mol. The van der Waals surface area contributed by atoms with Gasteiger partial charge in [0.2, 0.25) is 0 Å². The zero-order valence-corrected chi connectivity index (χ0v) is 21.2. The van der Waals surface area contributed by atoms with Gasteiger partial charge in [0.25, 0.3) is 0 Å². The van der Waals surface area contributed by atoms with Crippen LogP contribution in [-0.4, -0.2) is 67.6 Å². The number of hydrogen-bond donors (Lipinski definition) is 0. The van der Waals surface area contributed by atoms with E-state index in [0.717, 1.165) is 19.1 Å². The van der Waals surface area contributed by atoms with E-state index in [-0.39, 0.29) is 17.9 Å². The average molecular weight is 551 g/mol. The van der Waals surface area contributed by atoms with Crippen LogP contribution in [0.4, 0.5) is 13.2 Å². The Kier molecular flexibility index (Phi) is 7.99. The van der Waals surface area contributed by atoms with Gasteiger partial charge in [-0.25, -0.2) is 17.9 Å². The third-order valence-corrected chi connectivity index (χ3v) is 5.96. The molecule has 5 atom stereocenters. The van der Waals surface area contributed by atoms with Crippen molar-refractivity contribution >= 4 is 17.9 Å². The highest BCUT2D eigenvalue weighted by Crippen LogP contribution is 2.42. The molecule has 15 heteroatoms. The van der Waals surface area contributed by atoms with Crippen molar-refractivity contribution in [2.45, 2.75) is 51.2 Å². The predicted octanol–water partition coefficient (Wildman–Crippen LogP) is 2.20. The van der Waals surface area contributed by atoms with E-state index in [1.165, 1.54) is 35.6 Å². The van der Waals surface area contributed by atoms with E-state index in [2.05, 4.69) is 15.4 Å². The molecule has 0 amide bonds. The number of benzene rings is 1. The molecule has 0 saturated carbocycles. The van der Waals surface area contributed by atoms with Gasteiger partial charge in [-0.3, -0.25) is 19.1 Å². The first-order valence-electron chi connectivity index (χ1n) is 11.6. The molecule has 0 spiro atoms. The molecule has 1 aliphatic heterocycles. The van der Waals surface area contributed by atoms with Crippen LogP contribution in [0.15, 0.2) is 30.6 Å². The van der Waals surface area contributed by atoms with Crippen molar-refractivity contribution in [2.75, 3.05) is 6.61 Å². The summed E-state index contributed by atoms with van der Waals surface area (Å²) in [6.07, 6.45) is -1.80. The number of carbonyl (C=O) groups excluding carboxylic acids is 3. The molecule has 1 fully saturated rings. The van der Waals surface area contributed by atoms with Crippen LogP contribution < -0.4 is 0 Å². The van der Waals surface area contributed by atoms with Crippen molar-refractivity contribution < 1.29 is 46.5 Å². The SMILES string of the molecule is CC(=O)OC[C@H]1O[C@@H](c2ccnn2C)[C@H](OC(C)=O)[C@@H](n2cc(-c3cc(F)c(F)c(F)c3)nn2)[C@H]1OC(C)=O. The molecule has 4 rings (SSSR count). The lowest BCUT2D eigenvalue weighted by Gasteiger charge is -2.45. The summed E-state index contributed by atoms with van der Waals surface area (Å²) in [4.78, 5) is 35.9. The van der Waals surface area contributed by atoms with Gasteiger partial charge in [0.15, 0.2) is 29.7 Å². The second-order valence-corrected chi connectivity index (χ2v) is 8.75. The van der Waals surface area contributed by atoms with Crippen molar-refractivity contribution in [3.05, 3.63) is 53.7 Å². The van der Waals surface area contributed by atoms with Gasteiger partial charge in [-0.05, 0) is 18.2 Å². The molecular weight excluding hydrogens is 527 g/mol. The topological polar surface area (TPSA) is 137 Å². The quantitative estimate of drug-likeness (QED) is 0.244. The smallest absolute Gasteiger partial charge is 0.303 e. The van der Waals surface area contributed by atoms with Crippen molar-refractivity contribution in [1.82, 2.24) is 24.8 Å². The zero-order chi connectivity index (χ0) is 28.4. The highest BCUT2D eigenvalue weighted by atomic mass is 19.2. The molecule has 208 valence electrons. The standard InChI is InChI=1S/C24H24F3N5O7/c1-11(33)36-10-19-23(37-12(2)34)21(24(38-13(3)35)22(39-19)18-5-6-28-31(18)4)32-9-17(29-30-32)14-7-15(25)20(27)16(26)8-14/h5-9,19,21-24H,10H2,1-4H3/t19-,21+,22+,23+,24-/m1/s1. The first kappa shape index (κ1) is 27.8. The molecule has 0 radical (unpaired) electrons. The lowest BCUT2D eigenvalue weighted by atomic mass is 9.90. The Hall–Kier alpha value is -4.27. The van der Waals surface area contributed by atoms with Gasteiger partial charge in [0.1, 0.15) is 30.6 Å². The second-order valence-electron chi connectivity index (χ2n) is 8.75. The summed E-state index contributed by atoms with van der Waals surface area (Å²) < 4.78 is 66.5. The molecule has 1 aromatic carbocycles. The Morgan fingerprint density at radius 3 is 2.21 bits per heavy atom. The minimum Gasteiger partial charge on any atom is -0.463 e. The Morgan fingerprint density at radius 1 is 1.00 bits per heavy atom. The van der Waals surface area contributed by atoms with E-state index >= 15 is 0 Å². The summed E-state index contributed by atoms with van der Waals surface area (Å²) in [5.41, 5.74) is 0.275. The average Bonchev–Trinajstić information content (AvgIpc) is 3.50. The van der Waals surface area contributed by atoms with E-state index in [0.29, 0.717) is 5.69 Å². The Balaban J connectivity index is 1.85. The first-order chi connectivity index (χ1) is 18.5. The minimum atomic E-state index is -1.65.